The first-order valence-corrected chi connectivity index (χ1v) is 12.3. The Bertz CT molecular complexity index is 1100. The second-order valence-corrected chi connectivity index (χ2v) is 10.1. The minimum Gasteiger partial charge on any atom is -0.378 e. The van der Waals surface area contributed by atoms with E-state index in [9.17, 15) is 18.0 Å². The number of fused-ring (bicyclic) bond motifs is 2. The van der Waals surface area contributed by atoms with Crippen molar-refractivity contribution in [2.24, 2.45) is 5.92 Å². The van der Waals surface area contributed by atoms with E-state index in [4.69, 9.17) is 4.74 Å². The number of alkyl halides is 3. The summed E-state index contributed by atoms with van der Waals surface area (Å²) in [6, 6.07) is 14.1. The van der Waals surface area contributed by atoms with E-state index < -0.39 is 11.7 Å². The summed E-state index contributed by atoms with van der Waals surface area (Å²) in [4.78, 5) is 14.9. The van der Waals surface area contributed by atoms with Gasteiger partial charge in [0.05, 0.1) is 24.3 Å². The van der Waals surface area contributed by atoms with Gasteiger partial charge in [-0.25, -0.2) is 0 Å². The maximum absolute atomic E-state index is 12.9. The molecule has 0 aromatic heterocycles. The van der Waals surface area contributed by atoms with Crippen LogP contribution in [-0.4, -0.2) is 36.4 Å². The van der Waals surface area contributed by atoms with E-state index in [0.29, 0.717) is 36.2 Å². The largest absolute Gasteiger partial charge is 0.416 e. The summed E-state index contributed by atoms with van der Waals surface area (Å²) in [5.41, 5.74) is 2.51. The third-order valence-corrected chi connectivity index (χ3v) is 7.83. The Morgan fingerprint density at radius 3 is 2.60 bits per heavy atom. The summed E-state index contributed by atoms with van der Waals surface area (Å²) in [6.45, 7) is 6.44. The van der Waals surface area contributed by atoms with Gasteiger partial charge in [-0.15, -0.1) is 0 Å². The molecule has 4 nitrogen and oxygen atoms in total. The van der Waals surface area contributed by atoms with Crippen molar-refractivity contribution in [3.8, 4) is 0 Å². The van der Waals surface area contributed by atoms with E-state index in [1.165, 1.54) is 17.2 Å². The number of ether oxygens (including phenoxy) is 1. The average Bonchev–Trinajstić information content (AvgIpc) is 3.18. The molecule has 35 heavy (non-hydrogen) atoms. The number of likely N-dealkylation sites (tertiary alicyclic amines) is 1. The second kappa shape index (κ2) is 9.43. The SMILES string of the molecule is C=C(NCC(=O)CC1CN(C2CCC3(CC2)OCc2ccccc23)C1)c1cccc(C(F)(F)F)c1. The molecule has 2 aromatic rings. The van der Waals surface area contributed by atoms with E-state index in [1.54, 1.807) is 6.07 Å². The van der Waals surface area contributed by atoms with E-state index >= 15 is 0 Å². The summed E-state index contributed by atoms with van der Waals surface area (Å²) in [5, 5.41) is 2.90. The van der Waals surface area contributed by atoms with Crippen LogP contribution in [0.4, 0.5) is 13.2 Å². The lowest BCUT2D eigenvalue weighted by atomic mass is 9.76. The summed E-state index contributed by atoms with van der Waals surface area (Å²) >= 11 is 0. The maximum atomic E-state index is 12.9. The molecule has 2 heterocycles. The Balaban J connectivity index is 1.04. The predicted molar refractivity (Wildman–Crippen MR) is 128 cm³/mol. The van der Waals surface area contributed by atoms with Gasteiger partial charge in [0, 0.05) is 31.2 Å². The molecule has 2 fully saturated rings. The second-order valence-electron chi connectivity index (χ2n) is 10.1. The van der Waals surface area contributed by atoms with Crippen molar-refractivity contribution in [2.75, 3.05) is 19.6 Å². The molecule has 5 rings (SSSR count). The molecule has 2 aromatic carbocycles. The average molecular weight is 485 g/mol. The third-order valence-electron chi connectivity index (χ3n) is 7.83. The molecule has 186 valence electrons. The normalized spacial score (nSPS) is 24.7. The molecule has 2 aliphatic heterocycles. The van der Waals surface area contributed by atoms with Crippen LogP contribution in [0.5, 0.6) is 0 Å². The number of halogens is 3. The first kappa shape index (κ1) is 24.1. The number of nitrogens with one attached hydrogen (secondary N) is 1. The predicted octanol–water partition coefficient (Wildman–Crippen LogP) is 5.53. The lowest BCUT2D eigenvalue weighted by molar-refractivity contribution is -0.137. The number of benzene rings is 2. The smallest absolute Gasteiger partial charge is 0.378 e. The number of carbonyl (C=O) groups excluding carboxylic acids is 1. The number of rotatable bonds is 7. The monoisotopic (exact) mass is 484 g/mol. The number of Topliss-reactive ketones (excluding diaryl/α,β-unsaturated/α-hetero) is 1. The number of ketones is 1. The topological polar surface area (TPSA) is 41.6 Å². The van der Waals surface area contributed by atoms with Crippen LogP contribution >= 0.6 is 0 Å². The highest BCUT2D eigenvalue weighted by Gasteiger charge is 2.45. The lowest BCUT2D eigenvalue weighted by Gasteiger charge is -2.48. The van der Waals surface area contributed by atoms with Gasteiger partial charge in [-0.1, -0.05) is 43.0 Å². The minimum absolute atomic E-state index is 0.0568. The van der Waals surface area contributed by atoms with Crippen molar-refractivity contribution in [3.63, 3.8) is 0 Å². The van der Waals surface area contributed by atoms with E-state index in [1.807, 2.05) is 0 Å². The summed E-state index contributed by atoms with van der Waals surface area (Å²) in [6.07, 6.45) is 0.357. The molecule has 0 radical (unpaired) electrons. The van der Waals surface area contributed by atoms with Crippen molar-refractivity contribution in [2.45, 2.75) is 56.5 Å². The maximum Gasteiger partial charge on any atom is 0.416 e. The molecule has 0 unspecified atom stereocenters. The third kappa shape index (κ3) is 5.02. The molecule has 0 bridgehead atoms. The van der Waals surface area contributed by atoms with Crippen molar-refractivity contribution < 1.29 is 22.7 Å². The fourth-order valence-electron chi connectivity index (χ4n) is 5.85. The summed E-state index contributed by atoms with van der Waals surface area (Å²) in [7, 11) is 0. The van der Waals surface area contributed by atoms with Gasteiger partial charge in [-0.3, -0.25) is 9.69 Å². The fourth-order valence-corrected chi connectivity index (χ4v) is 5.85. The Hall–Kier alpha value is -2.64. The Morgan fingerprint density at radius 2 is 1.86 bits per heavy atom. The van der Waals surface area contributed by atoms with Crippen molar-refractivity contribution in [1.82, 2.24) is 10.2 Å². The van der Waals surface area contributed by atoms with Crippen LogP contribution in [0.1, 0.15) is 54.4 Å². The van der Waals surface area contributed by atoms with Gasteiger partial charge in [-0.05, 0) is 60.4 Å². The molecule has 1 aliphatic carbocycles. The molecule has 0 amide bonds. The van der Waals surface area contributed by atoms with Crippen LogP contribution < -0.4 is 5.32 Å². The van der Waals surface area contributed by atoms with Gasteiger partial charge in [0.1, 0.15) is 0 Å². The number of hydrogen-bond acceptors (Lipinski definition) is 4. The summed E-state index contributed by atoms with van der Waals surface area (Å²) < 4.78 is 45.0. The zero-order valence-electron chi connectivity index (χ0n) is 19.7. The first-order chi connectivity index (χ1) is 16.7. The van der Waals surface area contributed by atoms with Gasteiger partial charge in [0.15, 0.2) is 5.78 Å². The molecule has 1 N–H and O–H groups in total. The Labute approximate surface area is 204 Å². The van der Waals surface area contributed by atoms with Gasteiger partial charge < -0.3 is 10.1 Å². The van der Waals surface area contributed by atoms with Crippen molar-refractivity contribution in [1.29, 1.82) is 0 Å². The molecule has 3 aliphatic rings. The Kier molecular flexibility index (Phi) is 6.49. The van der Waals surface area contributed by atoms with Crippen LogP contribution in [0.3, 0.4) is 0 Å². The van der Waals surface area contributed by atoms with Crippen molar-refractivity contribution >= 4 is 11.5 Å². The van der Waals surface area contributed by atoms with E-state index in [0.717, 1.165) is 50.9 Å². The highest BCUT2D eigenvalue weighted by molar-refractivity contribution is 5.82. The molecular weight excluding hydrogens is 453 g/mol. The minimum atomic E-state index is -4.41. The van der Waals surface area contributed by atoms with E-state index in [2.05, 4.69) is 41.1 Å². The standard InChI is InChI=1S/C28H31F3N2O2/c1-19(21-6-4-7-23(14-21)28(29,30)31)32-15-25(34)13-20-16-33(17-20)24-9-11-27(12-10-24)26-8-3-2-5-22(26)18-35-27/h2-8,14,20,24,32H,1,9-13,15-18H2. The number of nitrogens with zero attached hydrogens (tertiary/aromatic N) is 1. The lowest BCUT2D eigenvalue weighted by Crippen LogP contribution is -2.54. The zero-order valence-corrected chi connectivity index (χ0v) is 19.7. The number of hydrogen-bond donors (Lipinski definition) is 1. The van der Waals surface area contributed by atoms with E-state index in [-0.39, 0.29) is 17.9 Å². The molecule has 1 spiro atoms. The van der Waals surface area contributed by atoms with Crippen LogP contribution in [-0.2, 0) is 27.9 Å². The molecular formula is C28H31F3N2O2. The highest BCUT2D eigenvalue weighted by atomic mass is 19.4. The Morgan fingerprint density at radius 1 is 1.11 bits per heavy atom. The molecule has 7 heteroatoms. The van der Waals surface area contributed by atoms with Crippen LogP contribution in [0.25, 0.3) is 5.70 Å². The quantitative estimate of drug-likeness (QED) is 0.562. The molecule has 0 atom stereocenters. The van der Waals surface area contributed by atoms with Crippen molar-refractivity contribution in [3.05, 3.63) is 77.4 Å². The first-order valence-electron chi connectivity index (χ1n) is 12.3. The zero-order chi connectivity index (χ0) is 24.6. The molecule has 1 saturated heterocycles. The van der Waals surface area contributed by atoms with Gasteiger partial charge >= 0.3 is 6.18 Å². The summed E-state index contributed by atoms with van der Waals surface area (Å²) in [5.74, 6) is 0.395. The van der Waals surface area contributed by atoms with Crippen LogP contribution in [0, 0.1) is 5.92 Å². The number of carbonyl (C=O) groups is 1. The molecule has 1 saturated carbocycles. The fraction of sp³-hybridized carbons (Fsp3) is 0.464. The van der Waals surface area contributed by atoms with Crippen LogP contribution in [0.15, 0.2) is 55.1 Å². The van der Waals surface area contributed by atoms with Gasteiger partial charge in [0.25, 0.3) is 0 Å². The van der Waals surface area contributed by atoms with Crippen LogP contribution in [0.2, 0.25) is 0 Å². The van der Waals surface area contributed by atoms with Gasteiger partial charge in [0.2, 0.25) is 0 Å². The van der Waals surface area contributed by atoms with Gasteiger partial charge in [-0.2, -0.15) is 13.2 Å². The highest BCUT2D eigenvalue weighted by Crippen LogP contribution is 2.48.